The molecule has 2 aliphatic rings. The van der Waals surface area contributed by atoms with Gasteiger partial charge >= 0.3 is 0 Å². The molecule has 3 aromatic rings. The number of ether oxygens (including phenoxy) is 1. The van der Waals surface area contributed by atoms with Gasteiger partial charge in [-0.25, -0.2) is 13.2 Å². The normalized spacial score (nSPS) is 22.1. The summed E-state index contributed by atoms with van der Waals surface area (Å²) in [5, 5.41) is 10.3. The van der Waals surface area contributed by atoms with Crippen LogP contribution in [0.5, 0.6) is 0 Å². The van der Waals surface area contributed by atoms with Crippen molar-refractivity contribution in [1.82, 2.24) is 0 Å². The number of aliphatic hydroxyl groups is 1. The molecule has 2 unspecified atom stereocenters. The first kappa shape index (κ1) is 26.0. The summed E-state index contributed by atoms with van der Waals surface area (Å²) in [7, 11) is 0. The Balaban J connectivity index is 1.20. The zero-order valence-corrected chi connectivity index (χ0v) is 21.4. The number of epoxide rings is 1. The van der Waals surface area contributed by atoms with Crippen molar-refractivity contribution in [3.8, 4) is 11.1 Å². The third-order valence-corrected chi connectivity index (χ3v) is 8.18. The Kier molecular flexibility index (Phi) is 8.01. The van der Waals surface area contributed by atoms with Crippen molar-refractivity contribution in [2.24, 2.45) is 5.92 Å². The van der Waals surface area contributed by atoms with Crippen LogP contribution in [-0.4, -0.2) is 17.8 Å². The summed E-state index contributed by atoms with van der Waals surface area (Å²) in [4.78, 5) is 0. The van der Waals surface area contributed by atoms with E-state index in [4.69, 9.17) is 4.74 Å². The maximum absolute atomic E-state index is 15.0. The van der Waals surface area contributed by atoms with E-state index >= 15 is 4.39 Å². The SMILES string of the molecule is CCCC(O)C1CCC(c2ccc(CCc3ccc(-c4ccc(C5CO5)cc4F)cc3)c(F)c2F)CC1. The number of halogens is 3. The van der Waals surface area contributed by atoms with Crippen LogP contribution in [-0.2, 0) is 17.6 Å². The van der Waals surface area contributed by atoms with Gasteiger partial charge in [0.15, 0.2) is 11.6 Å². The predicted molar refractivity (Wildman–Crippen MR) is 140 cm³/mol. The topological polar surface area (TPSA) is 32.8 Å². The summed E-state index contributed by atoms with van der Waals surface area (Å²) in [5.41, 5.74) is 4.00. The summed E-state index contributed by atoms with van der Waals surface area (Å²) in [6.07, 6.45) is 5.72. The zero-order valence-electron chi connectivity index (χ0n) is 21.4. The molecule has 0 bridgehead atoms. The largest absolute Gasteiger partial charge is 0.393 e. The minimum atomic E-state index is -0.746. The van der Waals surface area contributed by atoms with Crippen molar-refractivity contribution in [3.63, 3.8) is 0 Å². The molecule has 1 saturated carbocycles. The third kappa shape index (κ3) is 5.94. The van der Waals surface area contributed by atoms with Crippen LogP contribution >= 0.6 is 0 Å². The van der Waals surface area contributed by atoms with Gasteiger partial charge in [0.25, 0.3) is 0 Å². The number of aryl methyl sites for hydroxylation is 2. The van der Waals surface area contributed by atoms with E-state index in [0.29, 0.717) is 36.1 Å². The van der Waals surface area contributed by atoms with Gasteiger partial charge in [-0.05, 0) is 90.7 Å². The Morgan fingerprint density at radius 3 is 2.27 bits per heavy atom. The van der Waals surface area contributed by atoms with Gasteiger partial charge in [-0.2, -0.15) is 0 Å². The summed E-state index contributed by atoms with van der Waals surface area (Å²) in [6.45, 7) is 2.71. The van der Waals surface area contributed by atoms with Crippen LogP contribution in [0.15, 0.2) is 54.6 Å². The van der Waals surface area contributed by atoms with Crippen LogP contribution in [0, 0.1) is 23.4 Å². The van der Waals surface area contributed by atoms with Crippen molar-refractivity contribution in [1.29, 1.82) is 0 Å². The molecule has 196 valence electrons. The molecular weight excluding hydrogens is 473 g/mol. The van der Waals surface area contributed by atoms with Gasteiger partial charge in [0.05, 0.1) is 12.7 Å². The summed E-state index contributed by atoms with van der Waals surface area (Å²) in [6, 6.07) is 16.3. The van der Waals surface area contributed by atoms with E-state index in [-0.39, 0.29) is 29.9 Å². The number of rotatable bonds is 9. The van der Waals surface area contributed by atoms with E-state index in [2.05, 4.69) is 6.92 Å². The highest BCUT2D eigenvalue weighted by Crippen LogP contribution is 2.39. The van der Waals surface area contributed by atoms with E-state index in [9.17, 15) is 13.9 Å². The fraction of sp³-hybridized carbons (Fsp3) is 0.438. The van der Waals surface area contributed by atoms with E-state index in [0.717, 1.165) is 55.2 Å². The quantitative estimate of drug-likeness (QED) is 0.297. The van der Waals surface area contributed by atoms with Crippen molar-refractivity contribution in [3.05, 3.63) is 94.3 Å². The van der Waals surface area contributed by atoms with Crippen LogP contribution in [0.2, 0.25) is 0 Å². The fourth-order valence-corrected chi connectivity index (χ4v) is 5.80. The highest BCUT2D eigenvalue weighted by Gasteiger charge is 2.29. The van der Waals surface area contributed by atoms with Crippen LogP contribution in [0.1, 0.15) is 79.7 Å². The molecule has 3 aromatic carbocycles. The molecule has 0 aromatic heterocycles. The molecule has 37 heavy (non-hydrogen) atoms. The number of aliphatic hydroxyl groups excluding tert-OH is 1. The monoisotopic (exact) mass is 508 g/mol. The average Bonchev–Trinajstić information content (AvgIpc) is 3.76. The Bertz CT molecular complexity index is 1210. The van der Waals surface area contributed by atoms with Gasteiger partial charge < -0.3 is 9.84 Å². The van der Waals surface area contributed by atoms with Crippen LogP contribution in [0.3, 0.4) is 0 Å². The van der Waals surface area contributed by atoms with Crippen LogP contribution in [0.4, 0.5) is 13.2 Å². The third-order valence-electron chi connectivity index (χ3n) is 8.18. The Labute approximate surface area is 217 Å². The van der Waals surface area contributed by atoms with Gasteiger partial charge in [-0.15, -0.1) is 0 Å². The van der Waals surface area contributed by atoms with Crippen LogP contribution < -0.4 is 0 Å². The minimum Gasteiger partial charge on any atom is -0.393 e. The second-order valence-corrected chi connectivity index (χ2v) is 10.7. The highest BCUT2D eigenvalue weighted by molar-refractivity contribution is 5.65. The molecule has 1 aliphatic carbocycles. The first-order valence-corrected chi connectivity index (χ1v) is 13.6. The van der Waals surface area contributed by atoms with Gasteiger partial charge in [-0.3, -0.25) is 0 Å². The molecule has 1 N–H and O–H groups in total. The lowest BCUT2D eigenvalue weighted by Crippen LogP contribution is -2.25. The zero-order chi connectivity index (χ0) is 25.9. The molecule has 2 fully saturated rings. The second-order valence-electron chi connectivity index (χ2n) is 10.7. The molecule has 0 amide bonds. The minimum absolute atomic E-state index is 0.00688. The van der Waals surface area contributed by atoms with Crippen molar-refractivity contribution in [2.75, 3.05) is 6.61 Å². The average molecular weight is 509 g/mol. The smallest absolute Gasteiger partial charge is 0.162 e. The Morgan fingerprint density at radius 1 is 0.892 bits per heavy atom. The lowest BCUT2D eigenvalue weighted by atomic mass is 9.75. The molecule has 5 rings (SSSR count). The predicted octanol–water partition coefficient (Wildman–Crippen LogP) is 8.06. The van der Waals surface area contributed by atoms with Crippen molar-refractivity contribution in [2.45, 2.75) is 76.4 Å². The molecule has 2 nitrogen and oxygen atoms in total. The number of hydrogen-bond donors (Lipinski definition) is 1. The lowest BCUT2D eigenvalue weighted by Gasteiger charge is -2.32. The highest BCUT2D eigenvalue weighted by atomic mass is 19.2. The fourth-order valence-electron chi connectivity index (χ4n) is 5.80. The van der Waals surface area contributed by atoms with Gasteiger partial charge in [0.1, 0.15) is 11.9 Å². The van der Waals surface area contributed by atoms with Gasteiger partial charge in [0, 0.05) is 5.56 Å². The summed E-state index contributed by atoms with van der Waals surface area (Å²) < 4.78 is 49.8. The Morgan fingerprint density at radius 2 is 1.62 bits per heavy atom. The molecule has 1 heterocycles. The second kappa shape index (κ2) is 11.4. The van der Waals surface area contributed by atoms with E-state index in [1.165, 1.54) is 6.07 Å². The van der Waals surface area contributed by atoms with E-state index in [1.54, 1.807) is 18.2 Å². The lowest BCUT2D eigenvalue weighted by molar-refractivity contribution is 0.0727. The maximum atomic E-state index is 15.0. The Hall–Kier alpha value is -2.63. The summed E-state index contributed by atoms with van der Waals surface area (Å²) in [5.74, 6) is -1.47. The molecular formula is C32H35F3O2. The van der Waals surface area contributed by atoms with Crippen molar-refractivity contribution >= 4 is 0 Å². The van der Waals surface area contributed by atoms with Crippen LogP contribution in [0.25, 0.3) is 11.1 Å². The maximum Gasteiger partial charge on any atom is 0.162 e. The van der Waals surface area contributed by atoms with E-state index < -0.39 is 11.6 Å². The van der Waals surface area contributed by atoms with Gasteiger partial charge in [0.2, 0.25) is 0 Å². The molecule has 5 heteroatoms. The molecule has 1 saturated heterocycles. The van der Waals surface area contributed by atoms with Crippen molar-refractivity contribution < 1.29 is 23.0 Å². The van der Waals surface area contributed by atoms with E-state index in [1.807, 2.05) is 30.3 Å². The molecule has 0 radical (unpaired) electrons. The standard InChI is InChI=1S/C32H35F3O2/c1-2-3-29(36)23-12-10-22(11-13-23)27-17-14-24(31(34)32(27)35)9-6-20-4-7-21(8-5-20)26-16-15-25(18-28(26)33)30-19-37-30/h4-5,7-8,14-18,22-23,29-30,36H,2-3,6,9-13,19H2,1H3. The first-order valence-electron chi connectivity index (χ1n) is 13.6. The van der Waals surface area contributed by atoms with Gasteiger partial charge in [-0.1, -0.05) is 61.9 Å². The number of hydrogen-bond acceptors (Lipinski definition) is 2. The first-order chi connectivity index (χ1) is 17.9. The number of benzene rings is 3. The summed E-state index contributed by atoms with van der Waals surface area (Å²) >= 11 is 0. The molecule has 2 atom stereocenters. The molecule has 0 spiro atoms. The molecule has 1 aliphatic heterocycles.